The highest BCUT2D eigenvalue weighted by molar-refractivity contribution is 6.06. The Morgan fingerprint density at radius 2 is 2.22 bits per heavy atom. The van der Waals surface area contributed by atoms with Crippen molar-refractivity contribution in [3.8, 4) is 0 Å². The monoisotopic (exact) mass is 243 g/mol. The van der Waals surface area contributed by atoms with E-state index in [1.165, 1.54) is 0 Å². The van der Waals surface area contributed by atoms with Crippen LogP contribution in [-0.4, -0.2) is 34.9 Å². The van der Waals surface area contributed by atoms with Gasteiger partial charge in [-0.1, -0.05) is 18.2 Å². The zero-order valence-electron chi connectivity index (χ0n) is 10.2. The number of hydrogen-bond acceptors (Lipinski definition) is 2. The van der Waals surface area contributed by atoms with Crippen LogP contribution in [0.15, 0.2) is 30.5 Å². The van der Waals surface area contributed by atoms with Crippen LogP contribution in [0.1, 0.15) is 23.2 Å². The fraction of sp³-hybridized carbons (Fsp3) is 0.357. The Hall–Kier alpha value is -1.81. The van der Waals surface area contributed by atoms with Gasteiger partial charge >= 0.3 is 0 Å². The number of piperidine rings is 1. The third-order valence-corrected chi connectivity index (χ3v) is 3.56. The predicted molar refractivity (Wildman–Crippen MR) is 71.4 cm³/mol. The van der Waals surface area contributed by atoms with Crippen molar-refractivity contribution in [2.75, 3.05) is 13.1 Å². The lowest BCUT2D eigenvalue weighted by Crippen LogP contribution is -2.45. The Morgan fingerprint density at radius 1 is 1.39 bits per heavy atom. The average Bonchev–Trinajstić information content (AvgIpc) is 2.82. The zero-order chi connectivity index (χ0) is 12.5. The molecule has 1 fully saturated rings. The Kier molecular flexibility index (Phi) is 2.80. The first-order chi connectivity index (χ1) is 8.75. The van der Waals surface area contributed by atoms with Crippen molar-refractivity contribution in [3.63, 3.8) is 0 Å². The fourth-order valence-electron chi connectivity index (χ4n) is 2.61. The van der Waals surface area contributed by atoms with E-state index in [9.17, 15) is 4.79 Å². The molecule has 3 N–H and O–H groups in total. The number of nitrogens with one attached hydrogen (secondary N) is 1. The maximum Gasteiger partial charge on any atom is 0.256 e. The molecule has 0 radical (unpaired) electrons. The number of carbonyl (C=O) groups is 1. The number of hydrogen-bond donors (Lipinski definition) is 2. The molecule has 0 aliphatic carbocycles. The summed E-state index contributed by atoms with van der Waals surface area (Å²) in [6.45, 7) is 1.48. The Morgan fingerprint density at radius 3 is 3.06 bits per heavy atom. The molecule has 0 bridgehead atoms. The molecule has 94 valence electrons. The van der Waals surface area contributed by atoms with E-state index in [-0.39, 0.29) is 11.9 Å². The topological polar surface area (TPSA) is 62.1 Å². The molecule has 2 heterocycles. The summed E-state index contributed by atoms with van der Waals surface area (Å²) in [5, 5.41) is 0.988. The summed E-state index contributed by atoms with van der Waals surface area (Å²) in [5.74, 6) is 0.0857. The van der Waals surface area contributed by atoms with Crippen LogP contribution in [-0.2, 0) is 0 Å². The highest BCUT2D eigenvalue weighted by atomic mass is 16.2. The van der Waals surface area contributed by atoms with Gasteiger partial charge < -0.3 is 15.6 Å². The van der Waals surface area contributed by atoms with Gasteiger partial charge in [0.2, 0.25) is 0 Å². The minimum atomic E-state index is 0.0857. The second kappa shape index (κ2) is 4.46. The molecular weight excluding hydrogens is 226 g/mol. The highest BCUT2D eigenvalue weighted by Gasteiger charge is 2.23. The number of rotatable bonds is 1. The van der Waals surface area contributed by atoms with Crippen LogP contribution in [0.4, 0.5) is 0 Å². The van der Waals surface area contributed by atoms with Gasteiger partial charge in [0.25, 0.3) is 5.91 Å². The van der Waals surface area contributed by atoms with E-state index in [4.69, 9.17) is 5.73 Å². The van der Waals surface area contributed by atoms with Gasteiger partial charge in [0.15, 0.2) is 0 Å². The molecule has 1 aliphatic heterocycles. The summed E-state index contributed by atoms with van der Waals surface area (Å²) in [7, 11) is 0. The average molecular weight is 243 g/mol. The molecule has 1 amide bonds. The molecule has 0 spiro atoms. The normalized spacial score (nSPS) is 20.3. The molecule has 4 nitrogen and oxygen atoms in total. The van der Waals surface area contributed by atoms with Gasteiger partial charge in [-0.15, -0.1) is 0 Å². The number of likely N-dealkylation sites (tertiary alicyclic amines) is 1. The number of nitrogens with zero attached hydrogens (tertiary/aromatic N) is 1. The first-order valence-corrected chi connectivity index (χ1v) is 6.36. The van der Waals surface area contributed by atoms with Gasteiger partial charge in [0, 0.05) is 36.2 Å². The number of nitrogens with two attached hydrogens (primary N) is 1. The van der Waals surface area contributed by atoms with Crippen LogP contribution >= 0.6 is 0 Å². The van der Waals surface area contributed by atoms with Crippen molar-refractivity contribution in [1.29, 1.82) is 0 Å². The van der Waals surface area contributed by atoms with Gasteiger partial charge in [-0.2, -0.15) is 0 Å². The maximum absolute atomic E-state index is 12.5. The third kappa shape index (κ3) is 1.88. The van der Waals surface area contributed by atoms with Crippen molar-refractivity contribution in [2.24, 2.45) is 5.73 Å². The molecule has 3 rings (SSSR count). The van der Waals surface area contributed by atoms with Gasteiger partial charge in [0.05, 0.1) is 5.56 Å². The number of fused-ring (bicyclic) bond motifs is 1. The number of amides is 1. The van der Waals surface area contributed by atoms with E-state index in [2.05, 4.69) is 4.98 Å². The van der Waals surface area contributed by atoms with Crippen LogP contribution in [0.5, 0.6) is 0 Å². The maximum atomic E-state index is 12.5. The first-order valence-electron chi connectivity index (χ1n) is 6.36. The molecule has 18 heavy (non-hydrogen) atoms. The highest BCUT2D eigenvalue weighted by Crippen LogP contribution is 2.21. The Balaban J connectivity index is 1.92. The van der Waals surface area contributed by atoms with Crippen molar-refractivity contribution in [2.45, 2.75) is 18.9 Å². The molecule has 1 aromatic carbocycles. The SMILES string of the molecule is N[C@H]1CCCN(C(=O)c2c[nH]c3ccccc23)C1. The quantitative estimate of drug-likeness (QED) is 0.801. The lowest BCUT2D eigenvalue weighted by molar-refractivity contribution is 0.0711. The molecular formula is C14H17N3O. The number of carbonyl (C=O) groups excluding carboxylic acids is 1. The van der Waals surface area contributed by atoms with Gasteiger partial charge in [-0.3, -0.25) is 4.79 Å². The summed E-state index contributed by atoms with van der Waals surface area (Å²) in [4.78, 5) is 17.5. The van der Waals surface area contributed by atoms with E-state index in [1.54, 1.807) is 6.20 Å². The number of aromatic amines is 1. The van der Waals surface area contributed by atoms with E-state index < -0.39 is 0 Å². The van der Waals surface area contributed by atoms with E-state index in [0.29, 0.717) is 6.54 Å². The van der Waals surface area contributed by atoms with Gasteiger partial charge in [0.1, 0.15) is 0 Å². The summed E-state index contributed by atoms with van der Waals surface area (Å²) >= 11 is 0. The second-order valence-electron chi connectivity index (χ2n) is 4.90. The molecule has 1 atom stereocenters. The van der Waals surface area contributed by atoms with Crippen LogP contribution in [0, 0.1) is 0 Å². The number of para-hydroxylation sites is 1. The van der Waals surface area contributed by atoms with Crippen LogP contribution in [0.2, 0.25) is 0 Å². The van der Waals surface area contributed by atoms with Crippen molar-refractivity contribution in [1.82, 2.24) is 9.88 Å². The summed E-state index contributed by atoms with van der Waals surface area (Å²) in [6, 6.07) is 7.99. The Labute approximate surface area is 106 Å². The predicted octanol–water partition coefficient (Wildman–Crippen LogP) is 1.73. The minimum absolute atomic E-state index is 0.0857. The largest absolute Gasteiger partial charge is 0.360 e. The summed E-state index contributed by atoms with van der Waals surface area (Å²) < 4.78 is 0. The molecule has 0 unspecified atom stereocenters. The molecule has 1 saturated heterocycles. The van der Waals surface area contributed by atoms with E-state index >= 15 is 0 Å². The number of H-pyrrole nitrogens is 1. The fourth-order valence-corrected chi connectivity index (χ4v) is 2.61. The van der Waals surface area contributed by atoms with Crippen LogP contribution in [0.25, 0.3) is 10.9 Å². The first kappa shape index (κ1) is 11.3. The second-order valence-corrected chi connectivity index (χ2v) is 4.90. The number of benzene rings is 1. The molecule has 4 heteroatoms. The van der Waals surface area contributed by atoms with Gasteiger partial charge in [-0.25, -0.2) is 0 Å². The zero-order valence-corrected chi connectivity index (χ0v) is 10.2. The summed E-state index contributed by atoms with van der Waals surface area (Å²) in [6.07, 6.45) is 3.81. The van der Waals surface area contributed by atoms with Crippen molar-refractivity contribution >= 4 is 16.8 Å². The lowest BCUT2D eigenvalue weighted by Gasteiger charge is -2.30. The molecule has 1 aliphatic rings. The van der Waals surface area contributed by atoms with Crippen LogP contribution < -0.4 is 5.73 Å². The minimum Gasteiger partial charge on any atom is -0.360 e. The van der Waals surface area contributed by atoms with Crippen molar-refractivity contribution < 1.29 is 4.79 Å². The standard InChI is InChI=1S/C14H17N3O/c15-10-4-3-7-17(9-10)14(18)12-8-16-13-6-2-1-5-11(12)13/h1-2,5-6,8,10,16H,3-4,7,9,15H2/t10-/m0/s1. The Bertz CT molecular complexity index is 575. The smallest absolute Gasteiger partial charge is 0.256 e. The van der Waals surface area contributed by atoms with E-state index in [0.717, 1.165) is 35.9 Å². The molecule has 0 saturated carbocycles. The summed E-state index contributed by atoms with van der Waals surface area (Å²) in [5.41, 5.74) is 7.68. The van der Waals surface area contributed by atoms with Crippen LogP contribution in [0.3, 0.4) is 0 Å². The number of aromatic nitrogens is 1. The molecule has 1 aromatic heterocycles. The third-order valence-electron chi connectivity index (χ3n) is 3.56. The molecule has 2 aromatic rings. The van der Waals surface area contributed by atoms with E-state index in [1.807, 2.05) is 29.2 Å². The lowest BCUT2D eigenvalue weighted by atomic mass is 10.1. The van der Waals surface area contributed by atoms with Crippen molar-refractivity contribution in [3.05, 3.63) is 36.0 Å². The van der Waals surface area contributed by atoms with Gasteiger partial charge in [-0.05, 0) is 18.9 Å².